The number of carbonyl (C=O) groups is 3. The number of aromatic amines is 2. The average Bonchev–Trinajstić information content (AvgIpc) is 3.74. The molecular weight excluding hydrogens is 630 g/mol. The number of Topliss-reactive ketones (excluding diaryl/α,β-unsaturated/α-hetero) is 1. The topological polar surface area (TPSA) is 175 Å². The van der Waals surface area contributed by atoms with E-state index in [0.717, 1.165) is 68.4 Å². The molecule has 3 aromatic heterocycles. The summed E-state index contributed by atoms with van der Waals surface area (Å²) in [5.41, 5.74) is 18.0. The average molecular weight is 676 g/mol. The van der Waals surface area contributed by atoms with Gasteiger partial charge in [0.25, 0.3) is 0 Å². The molecule has 0 aromatic carbocycles. The molecular formula is C40H45N5O5. The van der Waals surface area contributed by atoms with E-state index in [9.17, 15) is 24.6 Å². The SMILES string of the molecule is C=CC1=C(C)c2nc1cc1[nH]c(cc3nc(cc4[nH]c(c(C=C)c4C)c2C(=O)CCCCCN)C(C)=C3CCC(=O)O)c(CCC(=O)O)c1C. The highest BCUT2D eigenvalue weighted by Gasteiger charge is 2.25. The van der Waals surface area contributed by atoms with E-state index in [1.807, 2.05) is 45.9 Å². The van der Waals surface area contributed by atoms with E-state index in [4.69, 9.17) is 15.7 Å². The third kappa shape index (κ3) is 7.02. The number of hydrogen-bond donors (Lipinski definition) is 5. The number of carbonyl (C=O) groups excluding carboxylic acids is 1. The maximum Gasteiger partial charge on any atom is 0.303 e. The first-order chi connectivity index (χ1) is 23.9. The van der Waals surface area contributed by atoms with Gasteiger partial charge in [0.1, 0.15) is 0 Å². The van der Waals surface area contributed by atoms with Gasteiger partial charge in [-0.1, -0.05) is 31.7 Å². The monoisotopic (exact) mass is 675 g/mol. The van der Waals surface area contributed by atoms with E-state index < -0.39 is 11.9 Å². The molecule has 10 heteroatoms. The van der Waals surface area contributed by atoms with Gasteiger partial charge in [0.05, 0.1) is 33.9 Å². The standard InChI is InChI=1S/C40H45N5O5/c1-7-25-24(6)39-38(35(46)12-10-9-11-17-41)40-26(8-2)21(3)31(44-40)18-29-22(4)27(13-15-36(47)48)33(42-29)20-34-28(14-16-37(49)50)23(5)30(43-34)19-32(25)45-39/h7-8,18-20,43-44H,1-2,9-17,41H2,3-6H3,(H,47,48)(H,49,50). The van der Waals surface area contributed by atoms with Crippen molar-refractivity contribution in [1.29, 1.82) is 0 Å². The molecule has 0 fully saturated rings. The summed E-state index contributed by atoms with van der Waals surface area (Å²) in [6.45, 7) is 16.5. The Kier molecular flexibility index (Phi) is 10.8. The number of carboxylic acids is 2. The zero-order valence-electron chi connectivity index (χ0n) is 29.3. The molecule has 5 heterocycles. The summed E-state index contributed by atoms with van der Waals surface area (Å²) in [7, 11) is 0. The minimum Gasteiger partial charge on any atom is -0.481 e. The fourth-order valence-electron chi connectivity index (χ4n) is 6.89. The van der Waals surface area contributed by atoms with Gasteiger partial charge in [-0.3, -0.25) is 14.4 Å². The van der Waals surface area contributed by atoms with Crippen molar-refractivity contribution in [2.45, 2.75) is 79.1 Å². The number of H-pyrrole nitrogens is 2. The largest absolute Gasteiger partial charge is 0.481 e. The highest BCUT2D eigenvalue weighted by Crippen LogP contribution is 2.38. The Morgan fingerprint density at radius 1 is 0.760 bits per heavy atom. The molecule has 2 aliphatic heterocycles. The lowest BCUT2D eigenvalue weighted by atomic mass is 9.96. The first-order valence-corrected chi connectivity index (χ1v) is 17.0. The van der Waals surface area contributed by atoms with Gasteiger partial charge in [0, 0.05) is 46.9 Å². The molecule has 3 aromatic rings. The molecule has 5 rings (SSSR count). The molecule has 0 aliphatic carbocycles. The number of nitrogens with zero attached hydrogens (tertiary/aromatic N) is 2. The van der Waals surface area contributed by atoms with Crippen molar-refractivity contribution in [3.05, 3.63) is 88.0 Å². The molecule has 0 saturated carbocycles. The normalized spacial score (nSPS) is 12.8. The number of nitrogens with one attached hydrogen (secondary N) is 2. The number of carboxylic acid groups (broad SMARTS) is 2. The molecule has 50 heavy (non-hydrogen) atoms. The zero-order valence-corrected chi connectivity index (χ0v) is 29.3. The van der Waals surface area contributed by atoms with Crippen molar-refractivity contribution in [2.24, 2.45) is 5.73 Å². The molecule has 0 atom stereocenters. The van der Waals surface area contributed by atoms with Crippen molar-refractivity contribution >= 4 is 68.2 Å². The fraction of sp³-hybridized carbons (Fsp3) is 0.325. The second-order valence-corrected chi connectivity index (χ2v) is 12.9. The van der Waals surface area contributed by atoms with Crippen LogP contribution in [0.5, 0.6) is 0 Å². The lowest BCUT2D eigenvalue weighted by Crippen LogP contribution is -2.05. The quantitative estimate of drug-likeness (QED) is 0.0839. The molecule has 10 nitrogen and oxygen atoms in total. The van der Waals surface area contributed by atoms with Crippen LogP contribution in [0, 0.1) is 13.8 Å². The Morgan fingerprint density at radius 3 is 2.08 bits per heavy atom. The van der Waals surface area contributed by atoms with Crippen molar-refractivity contribution in [3.63, 3.8) is 0 Å². The number of aryl methyl sites for hydroxylation is 3. The first-order valence-electron chi connectivity index (χ1n) is 17.0. The van der Waals surface area contributed by atoms with Gasteiger partial charge in [-0.2, -0.15) is 0 Å². The first kappa shape index (κ1) is 35.9. The van der Waals surface area contributed by atoms with Crippen LogP contribution >= 0.6 is 0 Å². The third-order valence-corrected chi connectivity index (χ3v) is 9.75. The number of ketones is 1. The number of hydrogen-bond acceptors (Lipinski definition) is 6. The number of unbranched alkanes of at least 4 members (excludes halogenated alkanes) is 2. The lowest BCUT2D eigenvalue weighted by Gasteiger charge is -2.07. The molecule has 0 spiro atoms. The third-order valence-electron chi connectivity index (χ3n) is 9.75. The van der Waals surface area contributed by atoms with Crippen LogP contribution in [0.2, 0.25) is 0 Å². The summed E-state index contributed by atoms with van der Waals surface area (Å²) >= 11 is 0. The highest BCUT2D eigenvalue weighted by molar-refractivity contribution is 6.11. The maximum absolute atomic E-state index is 14.3. The summed E-state index contributed by atoms with van der Waals surface area (Å²) in [5.74, 6) is -1.88. The van der Waals surface area contributed by atoms with E-state index in [1.54, 1.807) is 12.2 Å². The summed E-state index contributed by atoms with van der Waals surface area (Å²) in [6.07, 6.45) is 6.56. The molecule has 260 valence electrons. The van der Waals surface area contributed by atoms with Crippen molar-refractivity contribution in [2.75, 3.05) is 6.54 Å². The maximum atomic E-state index is 14.3. The predicted octanol–water partition coefficient (Wildman–Crippen LogP) is 8.21. The minimum absolute atomic E-state index is 0.0495. The van der Waals surface area contributed by atoms with Gasteiger partial charge in [0.2, 0.25) is 0 Å². The minimum atomic E-state index is -0.916. The summed E-state index contributed by atoms with van der Waals surface area (Å²) < 4.78 is 0. The number of allylic oxidation sites excluding steroid dienone is 5. The molecule has 8 bridgehead atoms. The number of rotatable bonds is 14. The highest BCUT2D eigenvalue weighted by atomic mass is 16.4. The Hall–Kier alpha value is -5.35. The van der Waals surface area contributed by atoms with Crippen molar-refractivity contribution < 1.29 is 24.6 Å². The van der Waals surface area contributed by atoms with Gasteiger partial charge in [-0.15, -0.1) is 0 Å². The van der Waals surface area contributed by atoms with Crippen molar-refractivity contribution in [1.82, 2.24) is 19.9 Å². The zero-order chi connectivity index (χ0) is 36.3. The number of aliphatic carboxylic acids is 2. The van der Waals surface area contributed by atoms with E-state index >= 15 is 0 Å². The summed E-state index contributed by atoms with van der Waals surface area (Å²) in [6, 6.07) is 5.72. The molecule has 2 aliphatic rings. The lowest BCUT2D eigenvalue weighted by molar-refractivity contribution is -0.137. The van der Waals surface area contributed by atoms with Gasteiger partial charge in [-0.05, 0) is 112 Å². The molecule has 0 radical (unpaired) electrons. The summed E-state index contributed by atoms with van der Waals surface area (Å²) in [5, 5.41) is 19.1. The second kappa shape index (κ2) is 15.0. The van der Waals surface area contributed by atoms with Crippen LogP contribution in [0.3, 0.4) is 0 Å². The van der Waals surface area contributed by atoms with Crippen LogP contribution < -0.4 is 5.73 Å². The van der Waals surface area contributed by atoms with Crippen LogP contribution in [0.25, 0.3) is 50.4 Å². The van der Waals surface area contributed by atoms with Crippen LogP contribution in [-0.2, 0) is 16.0 Å². The van der Waals surface area contributed by atoms with Gasteiger partial charge in [-0.25, -0.2) is 9.97 Å². The Bertz CT molecular complexity index is 2160. The smallest absolute Gasteiger partial charge is 0.303 e. The number of aromatic nitrogens is 4. The van der Waals surface area contributed by atoms with E-state index in [-0.39, 0.29) is 31.5 Å². The van der Waals surface area contributed by atoms with Crippen LogP contribution in [-0.4, -0.2) is 54.4 Å². The number of nitrogens with two attached hydrogens (primary N) is 1. The second-order valence-electron chi connectivity index (χ2n) is 12.9. The van der Waals surface area contributed by atoms with Crippen LogP contribution in [0.15, 0.2) is 37.4 Å². The molecule has 0 unspecified atom stereocenters. The van der Waals surface area contributed by atoms with E-state index in [2.05, 4.69) is 23.1 Å². The van der Waals surface area contributed by atoms with Gasteiger partial charge < -0.3 is 25.9 Å². The van der Waals surface area contributed by atoms with E-state index in [0.29, 0.717) is 58.8 Å². The fourth-order valence-corrected chi connectivity index (χ4v) is 6.89. The number of fused-ring (bicyclic) bond motifs is 8. The Balaban J connectivity index is 1.97. The van der Waals surface area contributed by atoms with Crippen LogP contribution in [0.4, 0.5) is 0 Å². The molecule has 0 amide bonds. The van der Waals surface area contributed by atoms with Crippen LogP contribution in [0.1, 0.15) is 114 Å². The van der Waals surface area contributed by atoms with E-state index in [1.165, 1.54) is 0 Å². The van der Waals surface area contributed by atoms with Gasteiger partial charge in [0.15, 0.2) is 5.78 Å². The predicted molar refractivity (Wildman–Crippen MR) is 200 cm³/mol. The Labute approximate surface area is 291 Å². The Morgan fingerprint density at radius 2 is 1.42 bits per heavy atom. The van der Waals surface area contributed by atoms with Crippen molar-refractivity contribution in [3.8, 4) is 0 Å². The van der Waals surface area contributed by atoms with Gasteiger partial charge >= 0.3 is 11.9 Å². The molecule has 6 N–H and O–H groups in total. The molecule has 0 saturated heterocycles. The summed E-state index contributed by atoms with van der Waals surface area (Å²) in [4.78, 5) is 54.7.